The number of anilines is 1. The molecule has 2 aromatic heterocycles. The van der Waals surface area contributed by atoms with Crippen molar-refractivity contribution in [2.45, 2.75) is 47.3 Å². The van der Waals surface area contributed by atoms with Gasteiger partial charge in [-0.25, -0.2) is 14.3 Å². The molecule has 0 aliphatic rings. The van der Waals surface area contributed by atoms with Gasteiger partial charge in [0.25, 0.3) is 5.56 Å². The van der Waals surface area contributed by atoms with Crippen LogP contribution in [0.5, 0.6) is 0 Å². The normalized spacial score (nSPS) is 11.6. The van der Waals surface area contributed by atoms with Crippen LogP contribution in [0.1, 0.15) is 27.7 Å². The molecule has 0 saturated heterocycles. The molecular formula is C21H26ClN5O3. The standard InChI is InChI=1S/C21H26ClN5O3/c1-13(2)9-25-12-23-19-18(25)20(29)27(21(30)26(19)10-14(3)4)11-17(28)24-16-7-5-15(22)6-8-16/h5-8,12-14H,9-11H2,1-4H3,(H,24,28). The molecule has 8 nitrogen and oxygen atoms in total. The first-order valence-corrected chi connectivity index (χ1v) is 10.3. The molecule has 0 aliphatic carbocycles. The number of halogens is 1. The van der Waals surface area contributed by atoms with E-state index in [0.717, 1.165) is 4.57 Å². The van der Waals surface area contributed by atoms with E-state index < -0.39 is 17.2 Å². The van der Waals surface area contributed by atoms with Gasteiger partial charge in [-0.1, -0.05) is 39.3 Å². The molecule has 1 N–H and O–H groups in total. The Morgan fingerprint density at radius 1 is 1.03 bits per heavy atom. The summed E-state index contributed by atoms with van der Waals surface area (Å²) < 4.78 is 4.22. The van der Waals surface area contributed by atoms with Gasteiger partial charge in [0.2, 0.25) is 5.91 Å². The third-order valence-electron chi connectivity index (χ3n) is 4.52. The van der Waals surface area contributed by atoms with Crippen LogP contribution in [0.15, 0.2) is 40.2 Å². The van der Waals surface area contributed by atoms with Crippen molar-refractivity contribution >= 4 is 34.4 Å². The lowest BCUT2D eigenvalue weighted by molar-refractivity contribution is -0.116. The number of rotatable bonds is 7. The SMILES string of the molecule is CC(C)Cn1cnc2c1c(=O)n(CC(=O)Nc1ccc(Cl)cc1)c(=O)n2CC(C)C. The Balaban J connectivity index is 2.06. The highest BCUT2D eigenvalue weighted by Crippen LogP contribution is 2.14. The summed E-state index contributed by atoms with van der Waals surface area (Å²) in [5.74, 6) is -0.0224. The number of nitrogens with zero attached hydrogens (tertiary/aromatic N) is 4. The predicted octanol–water partition coefficient (Wildman–Crippen LogP) is 2.96. The Kier molecular flexibility index (Phi) is 6.45. The van der Waals surface area contributed by atoms with Gasteiger partial charge in [0.15, 0.2) is 11.2 Å². The van der Waals surface area contributed by atoms with E-state index in [9.17, 15) is 14.4 Å². The lowest BCUT2D eigenvalue weighted by Gasteiger charge is -2.14. The van der Waals surface area contributed by atoms with Crippen molar-refractivity contribution in [1.82, 2.24) is 18.7 Å². The van der Waals surface area contributed by atoms with Crippen molar-refractivity contribution in [3.63, 3.8) is 0 Å². The molecule has 9 heteroatoms. The number of hydrogen-bond donors (Lipinski definition) is 1. The van der Waals surface area contributed by atoms with Gasteiger partial charge in [0, 0.05) is 23.8 Å². The van der Waals surface area contributed by atoms with E-state index in [2.05, 4.69) is 10.3 Å². The topological polar surface area (TPSA) is 90.9 Å². The molecule has 160 valence electrons. The number of nitrogens with one attached hydrogen (secondary N) is 1. The number of benzene rings is 1. The number of aromatic nitrogens is 4. The quantitative estimate of drug-likeness (QED) is 0.622. The van der Waals surface area contributed by atoms with E-state index in [1.165, 1.54) is 4.57 Å². The largest absolute Gasteiger partial charge is 0.333 e. The van der Waals surface area contributed by atoms with Gasteiger partial charge in [-0.3, -0.25) is 14.2 Å². The molecule has 30 heavy (non-hydrogen) atoms. The molecule has 0 fully saturated rings. The number of carbonyl (C=O) groups is 1. The molecule has 0 bridgehead atoms. The second-order valence-corrected chi connectivity index (χ2v) is 8.63. The second-order valence-electron chi connectivity index (χ2n) is 8.20. The van der Waals surface area contributed by atoms with Crippen LogP contribution >= 0.6 is 11.6 Å². The van der Waals surface area contributed by atoms with E-state index in [4.69, 9.17) is 11.6 Å². The summed E-state index contributed by atoms with van der Waals surface area (Å²) in [5, 5.41) is 3.24. The first-order chi connectivity index (χ1) is 14.2. The fraction of sp³-hybridized carbons (Fsp3) is 0.429. The minimum absolute atomic E-state index is 0.162. The van der Waals surface area contributed by atoms with Crippen LogP contribution < -0.4 is 16.6 Å². The Bertz CT molecular complexity index is 1170. The van der Waals surface area contributed by atoms with Gasteiger partial charge in [-0.2, -0.15) is 0 Å². The molecule has 0 saturated carbocycles. The smallest absolute Gasteiger partial charge is 0.325 e. The zero-order valence-electron chi connectivity index (χ0n) is 17.6. The number of imidazole rings is 1. The summed E-state index contributed by atoms with van der Waals surface area (Å²) in [5.41, 5.74) is 0.171. The molecule has 2 heterocycles. The Labute approximate surface area is 179 Å². The Hall–Kier alpha value is -2.87. The maximum atomic E-state index is 13.2. The van der Waals surface area contributed by atoms with Crippen molar-refractivity contribution in [2.75, 3.05) is 5.32 Å². The van der Waals surface area contributed by atoms with Crippen LogP contribution in [0.2, 0.25) is 5.02 Å². The molecule has 0 atom stereocenters. The van der Waals surface area contributed by atoms with Crippen LogP contribution in [-0.4, -0.2) is 24.6 Å². The van der Waals surface area contributed by atoms with Crippen molar-refractivity contribution in [2.24, 2.45) is 11.8 Å². The summed E-state index contributed by atoms with van der Waals surface area (Å²) in [6.45, 7) is 8.62. The highest BCUT2D eigenvalue weighted by atomic mass is 35.5. The zero-order valence-corrected chi connectivity index (χ0v) is 18.3. The molecule has 0 spiro atoms. The highest BCUT2D eigenvalue weighted by Gasteiger charge is 2.20. The molecule has 0 aliphatic heterocycles. The van der Waals surface area contributed by atoms with Gasteiger partial charge in [0.1, 0.15) is 6.54 Å². The summed E-state index contributed by atoms with van der Waals surface area (Å²) in [4.78, 5) is 43.2. The first-order valence-electron chi connectivity index (χ1n) is 9.91. The van der Waals surface area contributed by atoms with E-state index >= 15 is 0 Å². The van der Waals surface area contributed by atoms with Gasteiger partial charge >= 0.3 is 5.69 Å². The monoisotopic (exact) mass is 431 g/mol. The maximum absolute atomic E-state index is 13.2. The minimum atomic E-state index is -0.540. The molecule has 1 amide bonds. The van der Waals surface area contributed by atoms with Crippen molar-refractivity contribution in [1.29, 1.82) is 0 Å². The van der Waals surface area contributed by atoms with Gasteiger partial charge in [0.05, 0.1) is 6.33 Å². The van der Waals surface area contributed by atoms with E-state index in [0.29, 0.717) is 35.0 Å². The Morgan fingerprint density at radius 2 is 1.67 bits per heavy atom. The van der Waals surface area contributed by atoms with Crippen LogP contribution in [0.25, 0.3) is 11.2 Å². The second kappa shape index (κ2) is 8.87. The number of hydrogen-bond acceptors (Lipinski definition) is 4. The molecule has 3 aromatic rings. The predicted molar refractivity (Wildman–Crippen MR) is 118 cm³/mol. The molecule has 3 rings (SSSR count). The average Bonchev–Trinajstić information content (AvgIpc) is 3.07. The lowest BCUT2D eigenvalue weighted by atomic mass is 10.2. The van der Waals surface area contributed by atoms with E-state index in [-0.39, 0.29) is 18.4 Å². The van der Waals surface area contributed by atoms with Crippen molar-refractivity contribution in [3.05, 3.63) is 56.5 Å². The highest BCUT2D eigenvalue weighted by molar-refractivity contribution is 6.30. The number of fused-ring (bicyclic) bond motifs is 1. The first kappa shape index (κ1) is 21.8. The van der Waals surface area contributed by atoms with Crippen LogP contribution in [-0.2, 0) is 24.4 Å². The zero-order chi connectivity index (χ0) is 22.0. The van der Waals surface area contributed by atoms with Crippen molar-refractivity contribution in [3.8, 4) is 0 Å². The average molecular weight is 432 g/mol. The van der Waals surface area contributed by atoms with Crippen LogP contribution in [0.4, 0.5) is 5.69 Å². The minimum Gasteiger partial charge on any atom is -0.325 e. The Morgan fingerprint density at radius 3 is 2.27 bits per heavy atom. The van der Waals surface area contributed by atoms with Crippen molar-refractivity contribution < 1.29 is 4.79 Å². The van der Waals surface area contributed by atoms with Gasteiger partial charge in [-0.15, -0.1) is 0 Å². The summed E-state index contributed by atoms with van der Waals surface area (Å²) in [6, 6.07) is 6.60. The molecular weight excluding hydrogens is 406 g/mol. The summed E-state index contributed by atoms with van der Waals surface area (Å²) >= 11 is 5.86. The fourth-order valence-corrected chi connectivity index (χ4v) is 3.44. The maximum Gasteiger partial charge on any atom is 0.333 e. The third-order valence-corrected chi connectivity index (χ3v) is 4.77. The number of amides is 1. The third kappa shape index (κ3) is 4.64. The van der Waals surface area contributed by atoms with Crippen LogP contribution in [0, 0.1) is 11.8 Å². The molecule has 1 aromatic carbocycles. The van der Waals surface area contributed by atoms with Gasteiger partial charge < -0.3 is 9.88 Å². The van der Waals surface area contributed by atoms with E-state index in [1.807, 2.05) is 27.7 Å². The molecule has 0 radical (unpaired) electrons. The molecule has 0 unspecified atom stereocenters. The lowest BCUT2D eigenvalue weighted by Crippen LogP contribution is -2.43. The summed E-state index contributed by atoms with van der Waals surface area (Å²) in [7, 11) is 0. The van der Waals surface area contributed by atoms with Crippen LogP contribution in [0.3, 0.4) is 0 Å². The number of carbonyl (C=O) groups excluding carboxylic acids is 1. The van der Waals surface area contributed by atoms with E-state index in [1.54, 1.807) is 35.2 Å². The summed E-state index contributed by atoms with van der Waals surface area (Å²) in [6.07, 6.45) is 1.58. The van der Waals surface area contributed by atoms with Gasteiger partial charge in [-0.05, 0) is 36.1 Å². The fourth-order valence-electron chi connectivity index (χ4n) is 3.32.